The molecule has 0 bridgehead atoms. The minimum Gasteiger partial charge on any atom is -0.395 e. The lowest BCUT2D eigenvalue weighted by molar-refractivity contribution is -0.127. The normalized spacial score (nSPS) is 23.0. The smallest absolute Gasteiger partial charge is 0.224 e. The first-order valence-corrected chi connectivity index (χ1v) is 10.1. The predicted molar refractivity (Wildman–Crippen MR) is 104 cm³/mol. The van der Waals surface area contributed by atoms with Gasteiger partial charge in [0.25, 0.3) is 0 Å². The minimum absolute atomic E-state index is 0.0175. The van der Waals surface area contributed by atoms with E-state index < -0.39 is 0 Å². The lowest BCUT2D eigenvalue weighted by atomic mass is 9.93. The fraction of sp³-hybridized carbons (Fsp3) is 0.667. The summed E-state index contributed by atoms with van der Waals surface area (Å²) in [5.74, 6) is 0.204. The van der Waals surface area contributed by atoms with Crippen molar-refractivity contribution in [3.05, 3.63) is 35.9 Å². The summed E-state index contributed by atoms with van der Waals surface area (Å²) in [6.07, 6.45) is 5.62. The van der Waals surface area contributed by atoms with Crippen LogP contribution in [0.2, 0.25) is 0 Å². The quantitative estimate of drug-likeness (QED) is 0.775. The lowest BCUT2D eigenvalue weighted by Crippen LogP contribution is -2.51. The third-order valence-corrected chi connectivity index (χ3v) is 5.87. The van der Waals surface area contributed by atoms with Crippen LogP contribution in [0.25, 0.3) is 0 Å². The van der Waals surface area contributed by atoms with Gasteiger partial charge in [0, 0.05) is 25.7 Å². The van der Waals surface area contributed by atoms with Gasteiger partial charge in [-0.2, -0.15) is 0 Å². The van der Waals surface area contributed by atoms with Gasteiger partial charge in [-0.15, -0.1) is 0 Å². The van der Waals surface area contributed by atoms with Crippen molar-refractivity contribution >= 4 is 5.91 Å². The molecule has 144 valence electrons. The van der Waals surface area contributed by atoms with Gasteiger partial charge < -0.3 is 15.3 Å². The van der Waals surface area contributed by atoms with Crippen LogP contribution < -0.4 is 5.32 Å². The van der Waals surface area contributed by atoms with Crippen LogP contribution >= 0.6 is 0 Å². The summed E-state index contributed by atoms with van der Waals surface area (Å²) in [6.45, 7) is 5.86. The molecule has 2 heterocycles. The van der Waals surface area contributed by atoms with Gasteiger partial charge in [-0.1, -0.05) is 30.3 Å². The van der Waals surface area contributed by atoms with E-state index in [9.17, 15) is 4.79 Å². The standard InChI is InChI=1S/C21H33N3O2/c25-16-11-22-21(26)19-7-4-12-24(17-19)20-9-14-23(15-10-20)13-8-18-5-2-1-3-6-18/h1-3,5-6,19-20,25H,4,7-17H2,(H,22,26). The Labute approximate surface area is 157 Å². The monoisotopic (exact) mass is 359 g/mol. The Balaban J connectivity index is 1.40. The van der Waals surface area contributed by atoms with Crippen LogP contribution in [0.3, 0.4) is 0 Å². The van der Waals surface area contributed by atoms with Crippen molar-refractivity contribution in [3.63, 3.8) is 0 Å². The van der Waals surface area contributed by atoms with Gasteiger partial charge >= 0.3 is 0 Å². The third-order valence-electron chi connectivity index (χ3n) is 5.87. The number of amides is 1. The Hall–Kier alpha value is -1.43. The Morgan fingerprint density at radius 1 is 1.12 bits per heavy atom. The molecule has 5 heteroatoms. The zero-order valence-electron chi connectivity index (χ0n) is 15.8. The highest BCUT2D eigenvalue weighted by Crippen LogP contribution is 2.24. The summed E-state index contributed by atoms with van der Waals surface area (Å²) in [6, 6.07) is 11.3. The Morgan fingerprint density at radius 3 is 2.62 bits per heavy atom. The van der Waals surface area contributed by atoms with Gasteiger partial charge in [-0.3, -0.25) is 9.69 Å². The molecule has 2 saturated heterocycles. The second kappa shape index (κ2) is 10.0. The molecule has 3 rings (SSSR count). The van der Waals surface area contributed by atoms with Crippen LogP contribution in [0.15, 0.2) is 30.3 Å². The van der Waals surface area contributed by atoms with Crippen LogP contribution in [-0.4, -0.2) is 72.7 Å². The van der Waals surface area contributed by atoms with Crippen LogP contribution in [0, 0.1) is 5.92 Å². The summed E-state index contributed by atoms with van der Waals surface area (Å²) in [7, 11) is 0. The number of carbonyl (C=O) groups is 1. The molecule has 2 aliphatic heterocycles. The molecule has 1 atom stereocenters. The SMILES string of the molecule is O=C(NCCO)C1CCCN(C2CCN(CCc3ccccc3)CC2)C1. The largest absolute Gasteiger partial charge is 0.395 e. The first kappa shape index (κ1) is 19.3. The molecule has 0 aromatic heterocycles. The second-order valence-corrected chi connectivity index (χ2v) is 7.66. The van der Waals surface area contributed by atoms with Crippen LogP contribution in [-0.2, 0) is 11.2 Å². The van der Waals surface area contributed by atoms with Crippen LogP contribution in [0.5, 0.6) is 0 Å². The molecule has 1 unspecified atom stereocenters. The molecule has 0 radical (unpaired) electrons. The number of nitrogens with one attached hydrogen (secondary N) is 1. The van der Waals surface area contributed by atoms with E-state index in [0.29, 0.717) is 12.6 Å². The minimum atomic E-state index is 0.0175. The van der Waals surface area contributed by atoms with Crippen molar-refractivity contribution in [2.45, 2.75) is 38.1 Å². The molecule has 1 aromatic carbocycles. The van der Waals surface area contributed by atoms with Gasteiger partial charge in [0.05, 0.1) is 12.5 Å². The highest BCUT2D eigenvalue weighted by atomic mass is 16.3. The topological polar surface area (TPSA) is 55.8 Å². The first-order chi connectivity index (χ1) is 12.8. The summed E-state index contributed by atoms with van der Waals surface area (Å²) in [5, 5.41) is 11.7. The molecular formula is C21H33N3O2. The number of nitrogens with zero attached hydrogens (tertiary/aromatic N) is 2. The maximum atomic E-state index is 12.2. The van der Waals surface area contributed by atoms with Gasteiger partial charge in [0.15, 0.2) is 0 Å². The van der Waals surface area contributed by atoms with Crippen molar-refractivity contribution in [1.29, 1.82) is 0 Å². The fourth-order valence-corrected chi connectivity index (χ4v) is 4.32. The summed E-state index contributed by atoms with van der Waals surface area (Å²) in [4.78, 5) is 17.3. The fourth-order valence-electron chi connectivity index (χ4n) is 4.32. The Bertz CT molecular complexity index is 543. The highest BCUT2D eigenvalue weighted by molar-refractivity contribution is 5.78. The van der Waals surface area contributed by atoms with E-state index in [0.717, 1.165) is 52.0 Å². The number of carbonyl (C=O) groups excluding carboxylic acids is 1. The maximum absolute atomic E-state index is 12.2. The molecule has 0 aliphatic carbocycles. The van der Waals surface area contributed by atoms with Crippen molar-refractivity contribution in [3.8, 4) is 0 Å². The Morgan fingerprint density at radius 2 is 1.88 bits per heavy atom. The molecule has 2 aliphatic rings. The Kier molecular flexibility index (Phi) is 7.47. The summed E-state index contributed by atoms with van der Waals surface area (Å²) in [5.41, 5.74) is 1.42. The lowest BCUT2D eigenvalue weighted by Gasteiger charge is -2.42. The van der Waals surface area contributed by atoms with Crippen molar-refractivity contribution in [2.24, 2.45) is 5.92 Å². The molecular weight excluding hydrogens is 326 g/mol. The van der Waals surface area contributed by atoms with E-state index in [-0.39, 0.29) is 18.4 Å². The first-order valence-electron chi connectivity index (χ1n) is 10.1. The van der Waals surface area contributed by atoms with Gasteiger partial charge in [-0.25, -0.2) is 0 Å². The van der Waals surface area contributed by atoms with Crippen molar-refractivity contribution in [1.82, 2.24) is 15.1 Å². The summed E-state index contributed by atoms with van der Waals surface area (Å²) < 4.78 is 0. The van der Waals surface area contributed by atoms with Gasteiger partial charge in [0.2, 0.25) is 5.91 Å². The molecule has 2 fully saturated rings. The molecule has 1 aromatic rings. The predicted octanol–water partition coefficient (Wildman–Crippen LogP) is 1.51. The van der Waals surface area contributed by atoms with Crippen molar-refractivity contribution in [2.75, 3.05) is 45.9 Å². The number of aliphatic hydroxyl groups is 1. The van der Waals surface area contributed by atoms with E-state index in [1.807, 2.05) is 0 Å². The maximum Gasteiger partial charge on any atom is 0.224 e. The third kappa shape index (κ3) is 5.53. The van der Waals surface area contributed by atoms with E-state index in [1.165, 1.54) is 18.4 Å². The molecule has 26 heavy (non-hydrogen) atoms. The number of likely N-dealkylation sites (tertiary alicyclic amines) is 2. The number of benzene rings is 1. The molecule has 2 N–H and O–H groups in total. The molecule has 0 saturated carbocycles. The van der Waals surface area contributed by atoms with Crippen molar-refractivity contribution < 1.29 is 9.90 Å². The van der Waals surface area contributed by atoms with Gasteiger partial charge in [0.1, 0.15) is 0 Å². The molecule has 0 spiro atoms. The zero-order chi connectivity index (χ0) is 18.2. The average Bonchev–Trinajstić information content (AvgIpc) is 2.71. The number of aliphatic hydroxyl groups excluding tert-OH is 1. The second-order valence-electron chi connectivity index (χ2n) is 7.66. The number of piperidine rings is 2. The van der Waals surface area contributed by atoms with Gasteiger partial charge in [-0.05, 0) is 57.3 Å². The van der Waals surface area contributed by atoms with Crippen LogP contribution in [0.4, 0.5) is 0 Å². The average molecular weight is 360 g/mol. The highest BCUT2D eigenvalue weighted by Gasteiger charge is 2.31. The van der Waals surface area contributed by atoms with E-state index in [4.69, 9.17) is 5.11 Å². The van der Waals surface area contributed by atoms with Crippen LogP contribution in [0.1, 0.15) is 31.2 Å². The van der Waals surface area contributed by atoms with E-state index >= 15 is 0 Å². The summed E-state index contributed by atoms with van der Waals surface area (Å²) >= 11 is 0. The molecule has 5 nitrogen and oxygen atoms in total. The number of rotatable bonds is 7. The molecule has 1 amide bonds. The zero-order valence-corrected chi connectivity index (χ0v) is 15.8. The number of hydrogen-bond acceptors (Lipinski definition) is 4. The number of hydrogen-bond donors (Lipinski definition) is 2. The van der Waals surface area contributed by atoms with E-state index in [1.54, 1.807) is 0 Å². The van der Waals surface area contributed by atoms with E-state index in [2.05, 4.69) is 45.4 Å².